The van der Waals surface area contributed by atoms with Gasteiger partial charge in [-0.1, -0.05) is 36.4 Å². The van der Waals surface area contributed by atoms with Crippen LogP contribution in [0.1, 0.15) is 24.4 Å². The van der Waals surface area contributed by atoms with Crippen LogP contribution in [0.4, 0.5) is 0 Å². The minimum absolute atomic E-state index is 0.378. The number of hydrogen-bond donors (Lipinski definition) is 0. The Balaban J connectivity index is 1.80. The Bertz CT molecular complexity index is 400. The normalized spacial score (nSPS) is 30.3. The SMILES string of the molecule is C=CC(c1ccccc1)N1CC2CCC(C1)N2C. The number of likely N-dealkylation sites (tertiary alicyclic amines) is 1. The zero-order valence-electron chi connectivity index (χ0n) is 11.1. The second kappa shape index (κ2) is 4.87. The largest absolute Gasteiger partial charge is 0.298 e. The molecule has 0 amide bonds. The summed E-state index contributed by atoms with van der Waals surface area (Å²) in [6, 6.07) is 12.6. The highest BCUT2D eigenvalue weighted by Crippen LogP contribution is 2.33. The molecule has 0 radical (unpaired) electrons. The molecule has 0 aromatic heterocycles. The van der Waals surface area contributed by atoms with Crippen LogP contribution in [0, 0.1) is 0 Å². The third-order valence-corrected chi connectivity index (χ3v) is 4.63. The number of benzene rings is 1. The average molecular weight is 242 g/mol. The second-order valence-electron chi connectivity index (χ2n) is 5.60. The highest BCUT2D eigenvalue weighted by Gasteiger charge is 2.39. The van der Waals surface area contributed by atoms with Gasteiger partial charge in [0.2, 0.25) is 0 Å². The lowest BCUT2D eigenvalue weighted by Gasteiger charge is -2.42. The summed E-state index contributed by atoms with van der Waals surface area (Å²) >= 11 is 0. The van der Waals surface area contributed by atoms with Crippen molar-refractivity contribution in [3.05, 3.63) is 48.6 Å². The summed E-state index contributed by atoms with van der Waals surface area (Å²) < 4.78 is 0. The summed E-state index contributed by atoms with van der Waals surface area (Å²) in [5, 5.41) is 0. The highest BCUT2D eigenvalue weighted by molar-refractivity contribution is 5.23. The van der Waals surface area contributed by atoms with Crippen molar-refractivity contribution in [3.63, 3.8) is 0 Å². The van der Waals surface area contributed by atoms with Crippen LogP contribution in [0.3, 0.4) is 0 Å². The number of rotatable bonds is 3. The zero-order valence-corrected chi connectivity index (χ0v) is 11.1. The lowest BCUT2D eigenvalue weighted by molar-refractivity contribution is 0.0709. The molecule has 0 N–H and O–H groups in total. The summed E-state index contributed by atoms with van der Waals surface area (Å²) in [4.78, 5) is 5.17. The summed E-state index contributed by atoms with van der Waals surface area (Å²) in [5.41, 5.74) is 1.37. The number of fused-ring (bicyclic) bond motifs is 2. The molecule has 2 heterocycles. The molecule has 18 heavy (non-hydrogen) atoms. The van der Waals surface area contributed by atoms with Gasteiger partial charge in [0.15, 0.2) is 0 Å². The molecule has 2 aliphatic heterocycles. The molecule has 2 bridgehead atoms. The van der Waals surface area contributed by atoms with Gasteiger partial charge in [0.05, 0.1) is 6.04 Å². The van der Waals surface area contributed by atoms with Crippen LogP contribution in [-0.4, -0.2) is 42.0 Å². The van der Waals surface area contributed by atoms with Gasteiger partial charge >= 0.3 is 0 Å². The summed E-state index contributed by atoms with van der Waals surface area (Å²) in [5.74, 6) is 0. The molecular weight excluding hydrogens is 220 g/mol. The van der Waals surface area contributed by atoms with Crippen LogP contribution in [0.5, 0.6) is 0 Å². The maximum Gasteiger partial charge on any atom is 0.0530 e. The summed E-state index contributed by atoms with van der Waals surface area (Å²) in [6.07, 6.45) is 4.81. The molecule has 1 aromatic carbocycles. The predicted molar refractivity (Wildman–Crippen MR) is 75.5 cm³/mol. The monoisotopic (exact) mass is 242 g/mol. The smallest absolute Gasteiger partial charge is 0.0530 e. The van der Waals surface area contributed by atoms with Gasteiger partial charge in [-0.2, -0.15) is 0 Å². The molecule has 2 heteroatoms. The molecule has 2 nitrogen and oxygen atoms in total. The molecule has 2 saturated heterocycles. The number of likely N-dealkylation sites (N-methyl/N-ethyl adjacent to an activating group) is 1. The molecule has 0 saturated carbocycles. The van der Waals surface area contributed by atoms with E-state index in [-0.39, 0.29) is 0 Å². The third-order valence-electron chi connectivity index (χ3n) is 4.63. The van der Waals surface area contributed by atoms with Gasteiger partial charge in [0, 0.05) is 25.2 Å². The molecule has 3 rings (SSSR count). The van der Waals surface area contributed by atoms with Gasteiger partial charge in [0.25, 0.3) is 0 Å². The van der Waals surface area contributed by atoms with Crippen molar-refractivity contribution in [3.8, 4) is 0 Å². The Labute approximate surface area is 110 Å². The van der Waals surface area contributed by atoms with E-state index >= 15 is 0 Å². The Hall–Kier alpha value is -1.12. The van der Waals surface area contributed by atoms with Gasteiger partial charge < -0.3 is 0 Å². The molecule has 3 unspecified atom stereocenters. The van der Waals surface area contributed by atoms with Gasteiger partial charge in [-0.3, -0.25) is 9.80 Å². The molecule has 1 aromatic rings. The molecule has 3 atom stereocenters. The second-order valence-corrected chi connectivity index (χ2v) is 5.60. The number of nitrogens with zero attached hydrogens (tertiary/aromatic N) is 2. The van der Waals surface area contributed by atoms with Crippen LogP contribution in [-0.2, 0) is 0 Å². The van der Waals surface area contributed by atoms with E-state index in [1.54, 1.807) is 0 Å². The topological polar surface area (TPSA) is 6.48 Å². The fraction of sp³-hybridized carbons (Fsp3) is 0.500. The average Bonchev–Trinajstić information content (AvgIpc) is 2.64. The van der Waals surface area contributed by atoms with E-state index < -0.39 is 0 Å². The van der Waals surface area contributed by atoms with Crippen molar-refractivity contribution in [2.75, 3.05) is 20.1 Å². The van der Waals surface area contributed by atoms with E-state index in [2.05, 4.69) is 59.8 Å². The Morgan fingerprint density at radius 3 is 2.33 bits per heavy atom. The van der Waals surface area contributed by atoms with Crippen molar-refractivity contribution in [2.45, 2.75) is 31.0 Å². The highest BCUT2D eigenvalue weighted by atomic mass is 15.3. The lowest BCUT2D eigenvalue weighted by atomic mass is 10.0. The van der Waals surface area contributed by atoms with Crippen molar-refractivity contribution < 1.29 is 0 Å². The predicted octanol–water partition coefficient (Wildman–Crippen LogP) is 2.69. The van der Waals surface area contributed by atoms with Gasteiger partial charge in [-0.15, -0.1) is 6.58 Å². The molecule has 2 aliphatic rings. The first-order valence-corrected chi connectivity index (χ1v) is 6.93. The van der Waals surface area contributed by atoms with E-state index in [9.17, 15) is 0 Å². The van der Waals surface area contributed by atoms with Gasteiger partial charge in [0.1, 0.15) is 0 Å². The Kier molecular flexibility index (Phi) is 3.23. The van der Waals surface area contributed by atoms with Crippen molar-refractivity contribution in [1.82, 2.24) is 9.80 Å². The van der Waals surface area contributed by atoms with E-state index in [4.69, 9.17) is 0 Å². The first kappa shape index (κ1) is 11.9. The van der Waals surface area contributed by atoms with E-state index in [1.807, 2.05) is 0 Å². The quantitative estimate of drug-likeness (QED) is 0.752. The first-order chi connectivity index (χ1) is 8.79. The van der Waals surface area contributed by atoms with E-state index in [1.165, 1.54) is 31.5 Å². The zero-order chi connectivity index (χ0) is 12.5. The van der Waals surface area contributed by atoms with E-state index in [0.29, 0.717) is 6.04 Å². The van der Waals surface area contributed by atoms with Crippen molar-refractivity contribution in [2.24, 2.45) is 0 Å². The maximum absolute atomic E-state index is 4.05. The number of hydrogen-bond acceptors (Lipinski definition) is 2. The standard InChI is InChI=1S/C16H22N2/c1-3-16(13-7-5-4-6-8-13)18-11-14-9-10-15(12-18)17(14)2/h3-8,14-16H,1,9-12H2,2H3. The van der Waals surface area contributed by atoms with Crippen LogP contribution in [0.25, 0.3) is 0 Å². The first-order valence-electron chi connectivity index (χ1n) is 6.93. The van der Waals surface area contributed by atoms with Crippen LogP contribution in [0.2, 0.25) is 0 Å². The summed E-state index contributed by atoms with van der Waals surface area (Å²) in [7, 11) is 2.28. The Morgan fingerprint density at radius 1 is 1.17 bits per heavy atom. The van der Waals surface area contributed by atoms with Crippen LogP contribution < -0.4 is 0 Å². The third kappa shape index (κ3) is 2.00. The van der Waals surface area contributed by atoms with Crippen molar-refractivity contribution >= 4 is 0 Å². The molecule has 0 spiro atoms. The fourth-order valence-corrected chi connectivity index (χ4v) is 3.52. The fourth-order valence-electron chi connectivity index (χ4n) is 3.52. The van der Waals surface area contributed by atoms with Crippen molar-refractivity contribution in [1.29, 1.82) is 0 Å². The summed E-state index contributed by atoms with van der Waals surface area (Å²) in [6.45, 7) is 6.41. The van der Waals surface area contributed by atoms with Gasteiger partial charge in [-0.25, -0.2) is 0 Å². The Morgan fingerprint density at radius 2 is 1.78 bits per heavy atom. The molecular formula is C16H22N2. The number of piperazine rings is 1. The molecule has 96 valence electrons. The minimum atomic E-state index is 0.378. The molecule has 2 fully saturated rings. The van der Waals surface area contributed by atoms with Gasteiger partial charge in [-0.05, 0) is 25.5 Å². The van der Waals surface area contributed by atoms with E-state index in [0.717, 1.165) is 12.1 Å². The molecule has 0 aliphatic carbocycles. The maximum atomic E-state index is 4.05. The van der Waals surface area contributed by atoms with Crippen LogP contribution in [0.15, 0.2) is 43.0 Å². The minimum Gasteiger partial charge on any atom is -0.298 e. The van der Waals surface area contributed by atoms with Crippen LogP contribution >= 0.6 is 0 Å². The lowest BCUT2D eigenvalue weighted by Crippen LogP contribution is -2.52.